The van der Waals surface area contributed by atoms with Gasteiger partial charge in [-0.3, -0.25) is 4.40 Å². The van der Waals surface area contributed by atoms with Crippen molar-refractivity contribution in [3.05, 3.63) is 41.2 Å². The SMILES string of the molecule is COc1cc(CO)c(-c2cn3ccc(N4CCN(NS(C)(=O)=O)CC4)nc3n2)cc1Cl. The maximum absolute atomic E-state index is 11.4. The van der Waals surface area contributed by atoms with E-state index < -0.39 is 10.0 Å². The van der Waals surface area contributed by atoms with Crippen LogP contribution in [0.4, 0.5) is 5.82 Å². The first-order valence-electron chi connectivity index (χ1n) is 9.58. The predicted molar refractivity (Wildman–Crippen MR) is 118 cm³/mol. The zero-order valence-corrected chi connectivity index (χ0v) is 18.7. The molecule has 1 aliphatic rings. The summed E-state index contributed by atoms with van der Waals surface area (Å²) in [5.41, 5.74) is 2.00. The third-order valence-corrected chi connectivity index (χ3v) is 5.92. The minimum Gasteiger partial charge on any atom is -0.495 e. The number of aliphatic hydroxyl groups is 1. The number of halogens is 1. The largest absolute Gasteiger partial charge is 0.495 e. The number of aliphatic hydroxyl groups excluding tert-OH is 1. The smallest absolute Gasteiger partial charge is 0.236 e. The van der Waals surface area contributed by atoms with Gasteiger partial charge < -0.3 is 14.7 Å². The number of imidazole rings is 1. The van der Waals surface area contributed by atoms with Crippen LogP contribution in [0.1, 0.15) is 5.56 Å². The van der Waals surface area contributed by atoms with Crippen molar-refractivity contribution in [1.82, 2.24) is 24.2 Å². The normalized spacial score (nSPS) is 15.5. The van der Waals surface area contributed by atoms with E-state index in [1.54, 1.807) is 21.5 Å². The van der Waals surface area contributed by atoms with Crippen molar-refractivity contribution >= 4 is 33.2 Å². The standard InChI is InChI=1S/C19H23ClN6O4S/c1-30-17-9-13(12-27)14(10-15(17)20)16-11-25-4-3-18(22-19(25)21-16)24-5-7-26(8-6-24)23-31(2,28)29/h3-4,9-11,23,27H,5-8,12H2,1-2H3. The van der Waals surface area contributed by atoms with E-state index in [0.29, 0.717) is 59.5 Å². The molecule has 0 saturated carbocycles. The zero-order valence-electron chi connectivity index (χ0n) is 17.1. The van der Waals surface area contributed by atoms with Crippen LogP contribution in [-0.4, -0.2) is 72.4 Å². The van der Waals surface area contributed by atoms with Gasteiger partial charge in [-0.25, -0.2) is 18.4 Å². The number of anilines is 1. The Morgan fingerprint density at radius 2 is 1.97 bits per heavy atom. The molecule has 10 nitrogen and oxygen atoms in total. The van der Waals surface area contributed by atoms with Crippen LogP contribution < -0.4 is 14.5 Å². The second-order valence-corrected chi connectivity index (χ2v) is 9.39. The third kappa shape index (κ3) is 4.75. The van der Waals surface area contributed by atoms with E-state index in [-0.39, 0.29) is 6.61 Å². The predicted octanol–water partition coefficient (Wildman–Crippen LogP) is 1.14. The van der Waals surface area contributed by atoms with Gasteiger partial charge in [-0.15, -0.1) is 4.83 Å². The van der Waals surface area contributed by atoms with Crippen molar-refractivity contribution in [2.45, 2.75) is 6.61 Å². The molecule has 1 aromatic carbocycles. The van der Waals surface area contributed by atoms with E-state index in [1.807, 2.05) is 18.5 Å². The van der Waals surface area contributed by atoms with Gasteiger partial charge in [-0.1, -0.05) is 11.6 Å². The molecule has 31 heavy (non-hydrogen) atoms. The molecule has 166 valence electrons. The average molecular weight is 467 g/mol. The highest BCUT2D eigenvalue weighted by Gasteiger charge is 2.21. The van der Waals surface area contributed by atoms with Crippen molar-refractivity contribution in [2.24, 2.45) is 0 Å². The molecule has 1 saturated heterocycles. The Balaban J connectivity index is 1.58. The number of sulfonamides is 1. The van der Waals surface area contributed by atoms with Crippen LogP contribution in [-0.2, 0) is 16.6 Å². The van der Waals surface area contributed by atoms with Gasteiger partial charge in [0.1, 0.15) is 11.6 Å². The summed E-state index contributed by atoms with van der Waals surface area (Å²) in [6, 6.07) is 5.32. The molecule has 2 N–H and O–H groups in total. The van der Waals surface area contributed by atoms with Crippen molar-refractivity contribution in [3.63, 3.8) is 0 Å². The Labute approximate surface area is 185 Å². The van der Waals surface area contributed by atoms with Crippen LogP contribution in [0.5, 0.6) is 5.75 Å². The van der Waals surface area contributed by atoms with E-state index >= 15 is 0 Å². The summed E-state index contributed by atoms with van der Waals surface area (Å²) < 4.78 is 29.8. The van der Waals surface area contributed by atoms with Crippen LogP contribution in [0.2, 0.25) is 5.02 Å². The topological polar surface area (TPSA) is 112 Å². The average Bonchev–Trinajstić information content (AvgIpc) is 3.16. The quantitative estimate of drug-likeness (QED) is 0.556. The molecule has 3 aromatic rings. The summed E-state index contributed by atoms with van der Waals surface area (Å²) in [6.45, 7) is 2.17. The highest BCUT2D eigenvalue weighted by molar-refractivity contribution is 7.88. The van der Waals surface area contributed by atoms with Crippen molar-refractivity contribution in [3.8, 4) is 17.0 Å². The fraction of sp³-hybridized carbons (Fsp3) is 0.368. The number of methoxy groups -OCH3 is 1. The summed E-state index contributed by atoms with van der Waals surface area (Å²) in [5.74, 6) is 1.77. The number of nitrogens with zero attached hydrogens (tertiary/aromatic N) is 5. The molecule has 0 spiro atoms. The van der Waals surface area contributed by atoms with E-state index in [2.05, 4.69) is 19.7 Å². The minimum absolute atomic E-state index is 0.179. The highest BCUT2D eigenvalue weighted by atomic mass is 35.5. The fourth-order valence-corrected chi connectivity index (χ4v) is 4.44. The van der Waals surface area contributed by atoms with Crippen LogP contribution in [0, 0.1) is 0 Å². The molecule has 1 aliphatic heterocycles. The Hall–Kier alpha value is -2.44. The number of ether oxygens (including phenoxy) is 1. The molecule has 2 aromatic heterocycles. The van der Waals surface area contributed by atoms with E-state index in [4.69, 9.17) is 16.3 Å². The van der Waals surface area contributed by atoms with Gasteiger partial charge in [-0.05, 0) is 23.8 Å². The van der Waals surface area contributed by atoms with Gasteiger partial charge in [0.2, 0.25) is 15.8 Å². The lowest BCUT2D eigenvalue weighted by Crippen LogP contribution is -2.53. The summed E-state index contributed by atoms with van der Waals surface area (Å²) in [7, 11) is -1.76. The molecule has 1 fully saturated rings. The van der Waals surface area contributed by atoms with Crippen LogP contribution in [0.3, 0.4) is 0 Å². The second kappa shape index (κ2) is 8.60. The maximum Gasteiger partial charge on any atom is 0.236 e. The van der Waals surface area contributed by atoms with Crippen molar-refractivity contribution < 1.29 is 18.3 Å². The molecule has 0 unspecified atom stereocenters. The summed E-state index contributed by atoms with van der Waals surface area (Å²) in [4.78, 5) is 13.9. The lowest BCUT2D eigenvalue weighted by Gasteiger charge is -2.34. The number of rotatable bonds is 6. The van der Waals surface area contributed by atoms with Gasteiger partial charge in [0, 0.05) is 44.1 Å². The monoisotopic (exact) mass is 466 g/mol. The maximum atomic E-state index is 11.4. The molecular weight excluding hydrogens is 444 g/mol. The first kappa shape index (κ1) is 21.8. The fourth-order valence-electron chi connectivity index (χ4n) is 3.55. The van der Waals surface area contributed by atoms with E-state index in [1.165, 1.54) is 7.11 Å². The molecule has 0 amide bonds. The lowest BCUT2D eigenvalue weighted by atomic mass is 10.1. The lowest BCUT2D eigenvalue weighted by molar-refractivity contribution is 0.227. The summed E-state index contributed by atoms with van der Waals surface area (Å²) in [6.07, 6.45) is 4.85. The first-order chi connectivity index (χ1) is 14.8. The number of hydrazine groups is 1. The van der Waals surface area contributed by atoms with Gasteiger partial charge in [0.05, 0.1) is 30.7 Å². The van der Waals surface area contributed by atoms with Gasteiger partial charge in [-0.2, -0.15) is 4.98 Å². The second-order valence-electron chi connectivity index (χ2n) is 7.26. The molecular formula is C19H23ClN6O4S. The molecule has 3 heterocycles. The highest BCUT2D eigenvalue weighted by Crippen LogP contribution is 2.33. The number of fused-ring (bicyclic) bond motifs is 1. The molecule has 4 rings (SSSR count). The number of hydrogen-bond donors (Lipinski definition) is 2. The summed E-state index contributed by atoms with van der Waals surface area (Å²) >= 11 is 6.28. The Morgan fingerprint density at radius 1 is 1.23 bits per heavy atom. The van der Waals surface area contributed by atoms with Gasteiger partial charge >= 0.3 is 0 Å². The molecule has 12 heteroatoms. The Morgan fingerprint density at radius 3 is 2.61 bits per heavy atom. The molecule has 0 atom stereocenters. The number of aromatic nitrogens is 3. The Bertz CT molecular complexity index is 1210. The number of nitrogens with one attached hydrogen (secondary N) is 1. The first-order valence-corrected chi connectivity index (χ1v) is 11.8. The van der Waals surface area contributed by atoms with Crippen molar-refractivity contribution in [1.29, 1.82) is 0 Å². The van der Waals surface area contributed by atoms with Gasteiger partial charge in [0.25, 0.3) is 0 Å². The number of benzene rings is 1. The number of piperazine rings is 1. The van der Waals surface area contributed by atoms with Crippen LogP contribution in [0.25, 0.3) is 17.0 Å². The minimum atomic E-state index is -3.28. The molecule has 0 aliphatic carbocycles. The molecule has 0 radical (unpaired) electrons. The summed E-state index contributed by atoms with van der Waals surface area (Å²) in [5, 5.41) is 11.9. The Kier molecular flexibility index (Phi) is 6.04. The number of hydrogen-bond acceptors (Lipinski definition) is 8. The van der Waals surface area contributed by atoms with E-state index in [9.17, 15) is 13.5 Å². The van der Waals surface area contributed by atoms with E-state index in [0.717, 1.165) is 12.1 Å². The van der Waals surface area contributed by atoms with Crippen molar-refractivity contribution in [2.75, 3.05) is 44.4 Å². The van der Waals surface area contributed by atoms with Gasteiger partial charge in [0.15, 0.2) is 0 Å². The third-order valence-electron chi connectivity index (χ3n) is 5.03. The van der Waals surface area contributed by atoms with Crippen LogP contribution >= 0.6 is 11.6 Å². The van der Waals surface area contributed by atoms with Crippen LogP contribution in [0.15, 0.2) is 30.6 Å². The zero-order chi connectivity index (χ0) is 22.2. The molecule has 0 bridgehead atoms.